The van der Waals surface area contributed by atoms with E-state index in [2.05, 4.69) is 0 Å². The molecule has 3 heteroatoms. The quantitative estimate of drug-likeness (QED) is 0.387. The summed E-state index contributed by atoms with van der Waals surface area (Å²) >= 11 is 0. The zero-order chi connectivity index (χ0) is 9.19. The summed E-state index contributed by atoms with van der Waals surface area (Å²) in [4.78, 5) is 11.0. The van der Waals surface area contributed by atoms with E-state index in [4.69, 9.17) is 4.74 Å². The van der Waals surface area contributed by atoms with Crippen LogP contribution in [-0.4, -0.2) is 16.9 Å². The molecule has 1 aliphatic carbocycles. The monoisotopic (exact) mass is 170 g/mol. The van der Waals surface area contributed by atoms with Gasteiger partial charge in [-0.25, -0.2) is 4.79 Å². The number of rotatable bonds is 2. The maximum absolute atomic E-state index is 11.0. The van der Waals surface area contributed by atoms with Crippen molar-refractivity contribution in [2.24, 2.45) is 0 Å². The molecule has 0 unspecified atom stereocenters. The first-order valence-electron chi connectivity index (χ1n) is 4.12. The zero-order valence-electron chi connectivity index (χ0n) is 7.46. The predicted octanol–water partition coefficient (Wildman–Crippen LogP) is 1.37. The van der Waals surface area contributed by atoms with Gasteiger partial charge in [-0.05, 0) is 20.3 Å². The van der Waals surface area contributed by atoms with Gasteiger partial charge in [-0.1, -0.05) is 5.57 Å². The molecule has 1 saturated carbocycles. The summed E-state index contributed by atoms with van der Waals surface area (Å²) in [6.45, 7) is 3.62. The SMILES string of the molecule is CC(C)=CC(=O)OC1(O)CCC1. The molecule has 12 heavy (non-hydrogen) atoms. The molecule has 68 valence electrons. The van der Waals surface area contributed by atoms with Crippen molar-refractivity contribution in [2.75, 3.05) is 0 Å². The molecule has 0 atom stereocenters. The Morgan fingerprint density at radius 1 is 1.50 bits per heavy atom. The first-order chi connectivity index (χ1) is 5.52. The Balaban J connectivity index is 2.41. The molecule has 0 aliphatic heterocycles. The van der Waals surface area contributed by atoms with Crippen molar-refractivity contribution in [1.82, 2.24) is 0 Å². The van der Waals surface area contributed by atoms with Gasteiger partial charge in [0.2, 0.25) is 5.79 Å². The summed E-state index contributed by atoms with van der Waals surface area (Å²) < 4.78 is 4.82. The van der Waals surface area contributed by atoms with Crippen molar-refractivity contribution in [3.8, 4) is 0 Å². The van der Waals surface area contributed by atoms with Gasteiger partial charge in [0.05, 0.1) is 0 Å². The van der Waals surface area contributed by atoms with Crippen molar-refractivity contribution < 1.29 is 14.6 Å². The standard InChI is InChI=1S/C9H14O3/c1-7(2)6-8(10)12-9(11)4-3-5-9/h6,11H,3-5H2,1-2H3. The lowest BCUT2D eigenvalue weighted by atomic mass is 9.91. The third-order valence-corrected chi connectivity index (χ3v) is 1.83. The Morgan fingerprint density at radius 3 is 2.42 bits per heavy atom. The Labute approximate surface area is 72.0 Å². The van der Waals surface area contributed by atoms with E-state index in [0.717, 1.165) is 12.0 Å². The second-order valence-electron chi connectivity index (χ2n) is 3.44. The summed E-state index contributed by atoms with van der Waals surface area (Å²) in [6.07, 6.45) is 3.44. The molecule has 0 aromatic rings. The minimum absolute atomic E-state index is 0.447. The number of hydrogen-bond donors (Lipinski definition) is 1. The molecule has 1 aliphatic rings. The average molecular weight is 170 g/mol. The Kier molecular flexibility index (Phi) is 2.52. The van der Waals surface area contributed by atoms with Crippen LogP contribution in [0.5, 0.6) is 0 Å². The number of ether oxygens (including phenoxy) is 1. The minimum Gasteiger partial charge on any atom is -0.430 e. The highest BCUT2D eigenvalue weighted by Gasteiger charge is 2.37. The van der Waals surface area contributed by atoms with Gasteiger partial charge in [-0.2, -0.15) is 0 Å². The second kappa shape index (κ2) is 3.27. The molecular weight excluding hydrogens is 156 g/mol. The highest BCUT2D eigenvalue weighted by molar-refractivity contribution is 5.82. The maximum Gasteiger partial charge on any atom is 0.333 e. The van der Waals surface area contributed by atoms with Crippen LogP contribution in [0.3, 0.4) is 0 Å². The van der Waals surface area contributed by atoms with Gasteiger partial charge in [0.25, 0.3) is 0 Å². The number of carbonyl (C=O) groups excluding carboxylic acids is 1. The molecule has 0 aromatic heterocycles. The van der Waals surface area contributed by atoms with Crippen LogP contribution >= 0.6 is 0 Å². The zero-order valence-corrected chi connectivity index (χ0v) is 7.46. The van der Waals surface area contributed by atoms with E-state index in [1.54, 1.807) is 0 Å². The van der Waals surface area contributed by atoms with E-state index in [1.807, 2.05) is 13.8 Å². The average Bonchev–Trinajstić information content (AvgIpc) is 1.81. The largest absolute Gasteiger partial charge is 0.430 e. The number of carbonyl (C=O) groups is 1. The normalized spacial score (nSPS) is 19.2. The summed E-state index contributed by atoms with van der Waals surface area (Å²) in [5.41, 5.74) is 0.878. The van der Waals surface area contributed by atoms with Gasteiger partial charge >= 0.3 is 5.97 Å². The van der Waals surface area contributed by atoms with Gasteiger partial charge in [0.1, 0.15) is 0 Å². The predicted molar refractivity (Wildman–Crippen MR) is 44.3 cm³/mol. The third-order valence-electron chi connectivity index (χ3n) is 1.83. The molecule has 1 rings (SSSR count). The van der Waals surface area contributed by atoms with Crippen molar-refractivity contribution in [3.63, 3.8) is 0 Å². The Hall–Kier alpha value is -0.830. The smallest absolute Gasteiger partial charge is 0.333 e. The van der Waals surface area contributed by atoms with Crippen LogP contribution < -0.4 is 0 Å². The van der Waals surface area contributed by atoms with Gasteiger partial charge in [-0.15, -0.1) is 0 Å². The summed E-state index contributed by atoms with van der Waals surface area (Å²) in [6, 6.07) is 0. The molecule has 0 spiro atoms. The van der Waals surface area contributed by atoms with E-state index in [9.17, 15) is 9.90 Å². The lowest BCUT2D eigenvalue weighted by Gasteiger charge is -2.34. The Morgan fingerprint density at radius 2 is 2.08 bits per heavy atom. The lowest BCUT2D eigenvalue weighted by Crippen LogP contribution is -2.41. The van der Waals surface area contributed by atoms with Crippen LogP contribution in [0, 0.1) is 0 Å². The van der Waals surface area contributed by atoms with Crippen molar-refractivity contribution >= 4 is 5.97 Å². The summed E-state index contributed by atoms with van der Waals surface area (Å²) in [7, 11) is 0. The molecule has 0 saturated heterocycles. The highest BCUT2D eigenvalue weighted by atomic mass is 16.7. The van der Waals surface area contributed by atoms with Crippen LogP contribution in [0.1, 0.15) is 33.1 Å². The van der Waals surface area contributed by atoms with E-state index >= 15 is 0 Å². The first kappa shape index (κ1) is 9.26. The Bertz CT molecular complexity index is 210. The molecule has 1 fully saturated rings. The van der Waals surface area contributed by atoms with Crippen LogP contribution in [0.25, 0.3) is 0 Å². The fourth-order valence-electron chi connectivity index (χ4n) is 1.03. The highest BCUT2D eigenvalue weighted by Crippen LogP contribution is 2.32. The number of esters is 1. The fraction of sp³-hybridized carbons (Fsp3) is 0.667. The van der Waals surface area contributed by atoms with Gasteiger partial charge < -0.3 is 9.84 Å². The summed E-state index contributed by atoms with van der Waals surface area (Å²) in [5.74, 6) is -1.61. The minimum atomic E-state index is -1.16. The molecule has 0 heterocycles. The van der Waals surface area contributed by atoms with E-state index < -0.39 is 11.8 Å². The van der Waals surface area contributed by atoms with E-state index in [0.29, 0.717) is 12.8 Å². The fourth-order valence-corrected chi connectivity index (χ4v) is 1.03. The molecule has 0 radical (unpaired) electrons. The molecule has 0 bridgehead atoms. The van der Waals surface area contributed by atoms with Crippen LogP contribution in [0.2, 0.25) is 0 Å². The van der Waals surface area contributed by atoms with Gasteiger partial charge in [0.15, 0.2) is 0 Å². The van der Waals surface area contributed by atoms with Gasteiger partial charge in [0, 0.05) is 18.9 Å². The second-order valence-corrected chi connectivity index (χ2v) is 3.44. The number of hydrogen-bond acceptors (Lipinski definition) is 3. The van der Waals surface area contributed by atoms with Crippen molar-refractivity contribution in [2.45, 2.75) is 38.9 Å². The van der Waals surface area contributed by atoms with Gasteiger partial charge in [-0.3, -0.25) is 0 Å². The molecule has 1 N–H and O–H groups in total. The van der Waals surface area contributed by atoms with Crippen molar-refractivity contribution in [3.05, 3.63) is 11.6 Å². The number of aliphatic hydroxyl groups is 1. The van der Waals surface area contributed by atoms with Crippen LogP contribution in [-0.2, 0) is 9.53 Å². The lowest BCUT2D eigenvalue weighted by molar-refractivity contribution is -0.235. The maximum atomic E-state index is 11.0. The van der Waals surface area contributed by atoms with Crippen molar-refractivity contribution in [1.29, 1.82) is 0 Å². The topological polar surface area (TPSA) is 46.5 Å². The molecule has 0 aromatic carbocycles. The van der Waals surface area contributed by atoms with Crippen LogP contribution in [0.4, 0.5) is 0 Å². The third kappa shape index (κ3) is 2.34. The molecular formula is C9H14O3. The van der Waals surface area contributed by atoms with E-state index in [-0.39, 0.29) is 0 Å². The summed E-state index contributed by atoms with van der Waals surface area (Å²) in [5, 5.41) is 9.42. The molecule has 0 amide bonds. The number of allylic oxidation sites excluding steroid dienone is 1. The van der Waals surface area contributed by atoms with Crippen LogP contribution in [0.15, 0.2) is 11.6 Å². The first-order valence-corrected chi connectivity index (χ1v) is 4.12. The van der Waals surface area contributed by atoms with E-state index in [1.165, 1.54) is 6.08 Å². The molecule has 3 nitrogen and oxygen atoms in total.